The maximum Gasteiger partial charge on any atom is 0.422 e. The maximum atomic E-state index is 14.1. The molecular weight excluding hydrogens is 630 g/mol. The van der Waals surface area contributed by atoms with E-state index in [9.17, 15) is 27.6 Å². The SMILES string of the molecule is CC(C)(C)OC(=O)NN[C@H]1CCCOC/C=C\[C@@H]2C[C@@]2(C(=O)NS(=O)(=O)C2CC2)NC(=O)[C@@H]2C[C@@H](OCC3=CC=CCC3)CN2C1=O. The lowest BCUT2D eigenvalue weighted by Gasteiger charge is -2.30. The van der Waals surface area contributed by atoms with E-state index in [0.717, 1.165) is 18.4 Å². The highest BCUT2D eigenvalue weighted by Gasteiger charge is 2.62. The standard InChI is InChI=1S/C32H47N5O9S/c1-31(2,3)46-30(41)35-34-25-12-8-16-44-15-7-11-22-18-32(22,29(40)36-47(42,43)24-13-14-24)33-27(38)26-17-23(19-37(26)28(25)39)45-20-21-9-5-4-6-10-21/h4-5,7,9,11,22-26,34H,6,8,10,12-20H2,1-3H3,(H,33,38)(H,35,41)(H,36,40)/b11-7-/t22-,23-,25+,26+,32-/m1/s1. The van der Waals surface area contributed by atoms with Gasteiger partial charge in [0.2, 0.25) is 21.8 Å². The summed E-state index contributed by atoms with van der Waals surface area (Å²) in [4.78, 5) is 55.5. The highest BCUT2D eigenvalue weighted by atomic mass is 32.2. The van der Waals surface area contributed by atoms with E-state index in [0.29, 0.717) is 32.5 Å². The minimum Gasteiger partial charge on any atom is -0.443 e. The molecule has 4 N–H and O–H groups in total. The van der Waals surface area contributed by atoms with Gasteiger partial charge in [-0.15, -0.1) is 0 Å². The highest BCUT2D eigenvalue weighted by molar-refractivity contribution is 7.91. The average molecular weight is 678 g/mol. The van der Waals surface area contributed by atoms with Crippen LogP contribution in [0.5, 0.6) is 0 Å². The second-order valence-corrected chi connectivity index (χ2v) is 15.8. The smallest absolute Gasteiger partial charge is 0.422 e. The van der Waals surface area contributed by atoms with Crippen molar-refractivity contribution in [1.82, 2.24) is 25.8 Å². The van der Waals surface area contributed by atoms with Gasteiger partial charge in [0.15, 0.2) is 0 Å². The molecule has 5 rings (SSSR count). The van der Waals surface area contributed by atoms with Crippen LogP contribution in [0.1, 0.15) is 72.1 Å². The fourth-order valence-electron chi connectivity index (χ4n) is 6.04. The van der Waals surface area contributed by atoms with Crippen LogP contribution in [-0.2, 0) is 38.6 Å². The number of allylic oxidation sites excluding steroid dienone is 3. The van der Waals surface area contributed by atoms with Crippen molar-refractivity contribution in [2.24, 2.45) is 5.92 Å². The molecule has 0 aromatic heterocycles. The molecule has 47 heavy (non-hydrogen) atoms. The molecule has 0 aromatic carbocycles. The summed E-state index contributed by atoms with van der Waals surface area (Å²) in [5, 5.41) is 2.23. The number of nitrogens with one attached hydrogen (secondary N) is 4. The van der Waals surface area contributed by atoms with Crippen LogP contribution in [0.4, 0.5) is 4.79 Å². The van der Waals surface area contributed by atoms with Crippen LogP contribution in [-0.4, -0.2) is 98.1 Å². The number of carbonyl (C=O) groups excluding carboxylic acids is 4. The summed E-state index contributed by atoms with van der Waals surface area (Å²) in [6.07, 6.45) is 12.2. The van der Waals surface area contributed by atoms with E-state index >= 15 is 0 Å². The third-order valence-corrected chi connectivity index (χ3v) is 10.6. The first kappa shape index (κ1) is 35.0. The molecule has 14 nitrogen and oxygen atoms in total. The number of carbonyl (C=O) groups is 4. The third-order valence-electron chi connectivity index (χ3n) is 8.83. The fraction of sp³-hybridized carbons (Fsp3) is 0.688. The largest absolute Gasteiger partial charge is 0.443 e. The summed E-state index contributed by atoms with van der Waals surface area (Å²) in [7, 11) is -3.86. The first-order valence-electron chi connectivity index (χ1n) is 16.4. The second kappa shape index (κ2) is 14.5. The zero-order valence-corrected chi connectivity index (χ0v) is 28.1. The molecule has 0 aromatic rings. The first-order valence-corrected chi connectivity index (χ1v) is 18.0. The van der Waals surface area contributed by atoms with Crippen LogP contribution >= 0.6 is 0 Å². The zero-order valence-electron chi connectivity index (χ0n) is 27.3. The third kappa shape index (κ3) is 9.21. The monoisotopic (exact) mass is 677 g/mol. The highest BCUT2D eigenvalue weighted by Crippen LogP contribution is 2.46. The van der Waals surface area contributed by atoms with Crippen LogP contribution < -0.4 is 20.9 Å². The Bertz CT molecular complexity index is 1420. The van der Waals surface area contributed by atoms with Gasteiger partial charge in [0.1, 0.15) is 23.2 Å². The van der Waals surface area contributed by atoms with E-state index in [1.165, 1.54) is 4.90 Å². The molecule has 4 amide bonds. The van der Waals surface area contributed by atoms with Gasteiger partial charge in [-0.2, -0.15) is 0 Å². The molecule has 2 heterocycles. The number of hydrogen-bond acceptors (Lipinski definition) is 10. The second-order valence-electron chi connectivity index (χ2n) is 13.9. The molecule has 3 fully saturated rings. The van der Waals surface area contributed by atoms with Crippen molar-refractivity contribution in [3.8, 4) is 0 Å². The minimum absolute atomic E-state index is 0.111. The molecule has 3 aliphatic carbocycles. The predicted molar refractivity (Wildman–Crippen MR) is 171 cm³/mol. The molecule has 2 saturated carbocycles. The maximum absolute atomic E-state index is 14.1. The molecule has 1 saturated heterocycles. The van der Waals surface area contributed by atoms with Gasteiger partial charge < -0.3 is 24.4 Å². The first-order chi connectivity index (χ1) is 22.3. The number of fused-ring (bicyclic) bond motifs is 2. The summed E-state index contributed by atoms with van der Waals surface area (Å²) in [6.45, 7) is 6.17. The van der Waals surface area contributed by atoms with Gasteiger partial charge in [0.25, 0.3) is 5.91 Å². The normalized spacial score (nSPS) is 30.9. The number of nitrogens with zero attached hydrogens (tertiary/aromatic N) is 1. The molecule has 0 spiro atoms. The quantitative estimate of drug-likeness (QED) is 0.217. The van der Waals surface area contributed by atoms with Crippen LogP contribution in [0.3, 0.4) is 0 Å². The van der Waals surface area contributed by atoms with Crippen LogP contribution in [0.25, 0.3) is 0 Å². The van der Waals surface area contributed by atoms with E-state index in [-0.39, 0.29) is 32.4 Å². The van der Waals surface area contributed by atoms with Crippen molar-refractivity contribution in [1.29, 1.82) is 0 Å². The molecular formula is C32H47N5O9S. The summed E-state index contributed by atoms with van der Waals surface area (Å²) in [5.41, 5.74) is 4.11. The Morgan fingerprint density at radius 3 is 2.66 bits per heavy atom. The topological polar surface area (TPSA) is 181 Å². The summed E-state index contributed by atoms with van der Waals surface area (Å²) < 4.78 is 44.8. The summed E-state index contributed by atoms with van der Waals surface area (Å²) in [5.74, 6) is -2.27. The lowest BCUT2D eigenvalue weighted by atomic mass is 10.1. The molecule has 15 heteroatoms. The van der Waals surface area contributed by atoms with Crippen LogP contribution in [0, 0.1) is 5.92 Å². The van der Waals surface area contributed by atoms with Crippen molar-refractivity contribution in [3.05, 3.63) is 36.0 Å². The molecule has 0 bridgehead atoms. The number of rotatable bonds is 8. The number of amides is 4. The van der Waals surface area contributed by atoms with E-state index in [2.05, 4.69) is 27.0 Å². The van der Waals surface area contributed by atoms with E-state index in [1.807, 2.05) is 12.2 Å². The van der Waals surface area contributed by atoms with Crippen LogP contribution in [0.2, 0.25) is 0 Å². The van der Waals surface area contributed by atoms with E-state index in [1.54, 1.807) is 32.9 Å². The molecule has 260 valence electrons. The minimum atomic E-state index is -3.86. The summed E-state index contributed by atoms with van der Waals surface area (Å²) in [6, 6.07) is -1.93. The Labute approximate surface area is 276 Å². The van der Waals surface area contributed by atoms with Gasteiger partial charge in [-0.05, 0) is 71.3 Å². The lowest BCUT2D eigenvalue weighted by molar-refractivity contribution is -0.141. The van der Waals surface area contributed by atoms with Gasteiger partial charge in [-0.25, -0.2) is 18.6 Å². The number of hydrogen-bond donors (Lipinski definition) is 4. The Hall–Kier alpha value is -3.27. The van der Waals surface area contributed by atoms with Gasteiger partial charge >= 0.3 is 6.09 Å². The summed E-state index contributed by atoms with van der Waals surface area (Å²) >= 11 is 0. The predicted octanol–water partition coefficient (Wildman–Crippen LogP) is 1.50. The number of sulfonamides is 1. The number of ether oxygens (including phenoxy) is 3. The fourth-order valence-corrected chi connectivity index (χ4v) is 7.41. The molecule has 0 unspecified atom stereocenters. The van der Waals surface area contributed by atoms with E-state index in [4.69, 9.17) is 14.2 Å². The van der Waals surface area contributed by atoms with Crippen molar-refractivity contribution >= 4 is 33.8 Å². The van der Waals surface area contributed by atoms with Gasteiger partial charge in [0.05, 0.1) is 24.6 Å². The van der Waals surface area contributed by atoms with E-state index < -0.39 is 74.3 Å². The van der Waals surface area contributed by atoms with Gasteiger partial charge in [-0.1, -0.05) is 30.4 Å². The number of hydrazine groups is 1. The van der Waals surface area contributed by atoms with Gasteiger partial charge in [-0.3, -0.25) is 24.5 Å². The van der Waals surface area contributed by atoms with Crippen molar-refractivity contribution < 1.29 is 41.8 Å². The average Bonchev–Trinajstić information content (AvgIpc) is 3.93. The molecule has 2 aliphatic heterocycles. The Balaban J connectivity index is 1.37. The van der Waals surface area contributed by atoms with Crippen molar-refractivity contribution in [2.75, 3.05) is 26.4 Å². The molecule has 5 aliphatic rings. The Kier molecular flexibility index (Phi) is 10.8. The Morgan fingerprint density at radius 2 is 1.96 bits per heavy atom. The van der Waals surface area contributed by atoms with Crippen molar-refractivity contribution in [2.45, 2.75) is 107 Å². The van der Waals surface area contributed by atoms with Gasteiger partial charge in [0, 0.05) is 25.5 Å². The molecule has 0 radical (unpaired) electrons. The lowest BCUT2D eigenvalue weighted by Crippen LogP contribution is -2.59. The Morgan fingerprint density at radius 1 is 1.17 bits per heavy atom. The van der Waals surface area contributed by atoms with Crippen LogP contribution in [0.15, 0.2) is 36.0 Å². The molecule has 5 atom stereocenters. The zero-order chi connectivity index (χ0) is 33.8. The van der Waals surface area contributed by atoms with Crippen molar-refractivity contribution in [3.63, 3.8) is 0 Å².